The monoisotopic (exact) mass is 426 g/mol. The molecular formula is C24H32N3O2S+. The van der Waals surface area contributed by atoms with Crippen LogP contribution in [0.15, 0.2) is 47.4 Å². The maximum absolute atomic E-state index is 12.6. The van der Waals surface area contributed by atoms with Crippen molar-refractivity contribution in [1.29, 1.82) is 0 Å². The number of rotatable bonds is 7. The second-order valence-corrected chi connectivity index (χ2v) is 8.95. The number of aryl methyl sites for hydroxylation is 3. The Bertz CT molecular complexity index is 892. The zero-order chi connectivity index (χ0) is 21.5. The van der Waals surface area contributed by atoms with Gasteiger partial charge in [-0.05, 0) is 55.2 Å². The summed E-state index contributed by atoms with van der Waals surface area (Å²) >= 11 is 1.60. The van der Waals surface area contributed by atoms with Crippen molar-refractivity contribution in [3.63, 3.8) is 0 Å². The Kier molecular flexibility index (Phi) is 7.94. The molecule has 160 valence electrons. The second kappa shape index (κ2) is 10.6. The van der Waals surface area contributed by atoms with E-state index in [0.29, 0.717) is 25.4 Å². The summed E-state index contributed by atoms with van der Waals surface area (Å²) < 4.78 is 0. The molecule has 0 radical (unpaired) electrons. The number of carbonyl (C=O) groups excluding carboxylic acids is 2. The number of benzene rings is 2. The van der Waals surface area contributed by atoms with Crippen molar-refractivity contribution in [2.75, 3.05) is 43.8 Å². The first-order chi connectivity index (χ1) is 14.5. The third kappa shape index (κ3) is 6.09. The molecule has 30 heavy (non-hydrogen) atoms. The molecule has 0 aliphatic carbocycles. The van der Waals surface area contributed by atoms with Crippen LogP contribution < -0.4 is 10.2 Å². The van der Waals surface area contributed by atoms with Gasteiger partial charge in [0, 0.05) is 10.6 Å². The topological polar surface area (TPSA) is 53.9 Å². The first kappa shape index (κ1) is 22.4. The normalized spacial score (nSPS) is 14.6. The lowest BCUT2D eigenvalue weighted by Gasteiger charge is -2.32. The number of piperazine rings is 1. The molecule has 1 aliphatic heterocycles. The van der Waals surface area contributed by atoms with E-state index >= 15 is 0 Å². The van der Waals surface area contributed by atoms with E-state index in [0.717, 1.165) is 35.7 Å². The van der Waals surface area contributed by atoms with Gasteiger partial charge in [0.2, 0.25) is 5.91 Å². The van der Waals surface area contributed by atoms with Gasteiger partial charge in [0.05, 0.1) is 31.9 Å². The molecule has 2 aromatic rings. The lowest BCUT2D eigenvalue weighted by Crippen LogP contribution is -3.15. The quantitative estimate of drug-likeness (QED) is 0.668. The number of amides is 2. The van der Waals surface area contributed by atoms with Gasteiger partial charge >= 0.3 is 0 Å². The number of carbonyl (C=O) groups is 2. The van der Waals surface area contributed by atoms with Crippen LogP contribution in [-0.2, 0) is 16.0 Å². The number of anilines is 1. The van der Waals surface area contributed by atoms with Crippen molar-refractivity contribution in [3.8, 4) is 0 Å². The molecular weight excluding hydrogens is 394 g/mol. The molecule has 2 amide bonds. The van der Waals surface area contributed by atoms with Crippen LogP contribution in [0, 0.1) is 13.8 Å². The summed E-state index contributed by atoms with van der Waals surface area (Å²) in [6.45, 7) is 9.76. The van der Waals surface area contributed by atoms with E-state index in [1.54, 1.807) is 11.8 Å². The Morgan fingerprint density at radius 2 is 1.80 bits per heavy atom. The summed E-state index contributed by atoms with van der Waals surface area (Å²) in [7, 11) is 0. The van der Waals surface area contributed by atoms with Crippen LogP contribution in [0.5, 0.6) is 0 Å². The molecule has 2 N–H and O–H groups in total. The highest BCUT2D eigenvalue weighted by Gasteiger charge is 2.25. The second-order valence-electron chi connectivity index (χ2n) is 7.90. The van der Waals surface area contributed by atoms with Crippen LogP contribution in [0.4, 0.5) is 5.69 Å². The van der Waals surface area contributed by atoms with E-state index in [9.17, 15) is 9.59 Å². The minimum Gasteiger partial charge on any atom is -0.331 e. The predicted octanol–water partition coefficient (Wildman–Crippen LogP) is 2.32. The fraction of sp³-hybridized carbons (Fsp3) is 0.417. The fourth-order valence-electron chi connectivity index (χ4n) is 3.66. The number of thioether (sulfide) groups is 1. The van der Waals surface area contributed by atoms with Gasteiger partial charge in [-0.15, -0.1) is 11.8 Å². The average Bonchev–Trinajstić information content (AvgIpc) is 2.75. The zero-order valence-electron chi connectivity index (χ0n) is 18.2. The molecule has 1 fully saturated rings. The van der Waals surface area contributed by atoms with Gasteiger partial charge in [-0.3, -0.25) is 9.59 Å². The number of hydrogen-bond acceptors (Lipinski definition) is 3. The maximum Gasteiger partial charge on any atom is 0.279 e. The van der Waals surface area contributed by atoms with E-state index in [1.165, 1.54) is 16.0 Å². The highest BCUT2D eigenvalue weighted by Crippen LogP contribution is 2.21. The van der Waals surface area contributed by atoms with Crippen LogP contribution in [0.2, 0.25) is 0 Å². The molecule has 2 aromatic carbocycles. The molecule has 0 bridgehead atoms. The van der Waals surface area contributed by atoms with Gasteiger partial charge in [-0.25, -0.2) is 0 Å². The summed E-state index contributed by atoms with van der Waals surface area (Å²) in [4.78, 5) is 29.3. The fourth-order valence-corrected chi connectivity index (χ4v) is 4.56. The van der Waals surface area contributed by atoms with Gasteiger partial charge in [-0.2, -0.15) is 0 Å². The smallest absolute Gasteiger partial charge is 0.279 e. The van der Waals surface area contributed by atoms with E-state index in [-0.39, 0.29) is 11.8 Å². The van der Waals surface area contributed by atoms with Crippen molar-refractivity contribution < 1.29 is 14.5 Å². The highest BCUT2D eigenvalue weighted by atomic mass is 32.2. The number of hydrogen-bond donors (Lipinski definition) is 2. The summed E-state index contributed by atoms with van der Waals surface area (Å²) in [6, 6.07) is 14.3. The van der Waals surface area contributed by atoms with Crippen LogP contribution in [0.1, 0.15) is 23.6 Å². The van der Waals surface area contributed by atoms with Gasteiger partial charge in [0.1, 0.15) is 0 Å². The first-order valence-electron chi connectivity index (χ1n) is 10.7. The molecule has 0 aromatic heterocycles. The molecule has 0 saturated carbocycles. The van der Waals surface area contributed by atoms with Gasteiger partial charge in [0.25, 0.3) is 5.91 Å². The molecule has 3 rings (SSSR count). The maximum atomic E-state index is 12.6. The summed E-state index contributed by atoms with van der Waals surface area (Å²) in [5.41, 5.74) is 4.58. The van der Waals surface area contributed by atoms with Crippen molar-refractivity contribution in [3.05, 3.63) is 59.2 Å². The summed E-state index contributed by atoms with van der Waals surface area (Å²) in [5.74, 6) is 0.682. The van der Waals surface area contributed by atoms with Crippen LogP contribution in [0.3, 0.4) is 0 Å². The Morgan fingerprint density at radius 3 is 2.50 bits per heavy atom. The van der Waals surface area contributed by atoms with Crippen molar-refractivity contribution >= 4 is 29.3 Å². The average molecular weight is 427 g/mol. The number of quaternary nitrogens is 1. The lowest BCUT2D eigenvalue weighted by atomic mass is 10.1. The molecule has 6 heteroatoms. The van der Waals surface area contributed by atoms with Gasteiger partial charge < -0.3 is 15.1 Å². The van der Waals surface area contributed by atoms with E-state index in [2.05, 4.69) is 44.3 Å². The van der Waals surface area contributed by atoms with E-state index in [4.69, 9.17) is 0 Å². The predicted molar refractivity (Wildman–Crippen MR) is 123 cm³/mol. The highest BCUT2D eigenvalue weighted by molar-refractivity contribution is 8.00. The van der Waals surface area contributed by atoms with E-state index in [1.807, 2.05) is 29.2 Å². The molecule has 0 atom stereocenters. The molecule has 1 saturated heterocycles. The SMILES string of the molecule is CCc1ccccc1NC(=O)C[NH+]1CCN(C(=O)CSc2ccc(C)c(C)c2)CC1. The van der Waals surface area contributed by atoms with Gasteiger partial charge in [0.15, 0.2) is 6.54 Å². The molecule has 0 unspecified atom stereocenters. The lowest BCUT2D eigenvalue weighted by molar-refractivity contribution is -0.895. The van der Waals surface area contributed by atoms with E-state index < -0.39 is 0 Å². The Morgan fingerprint density at radius 1 is 1.07 bits per heavy atom. The largest absolute Gasteiger partial charge is 0.331 e. The zero-order valence-corrected chi connectivity index (χ0v) is 19.0. The summed E-state index contributed by atoms with van der Waals surface area (Å²) in [5, 5.41) is 3.05. The number of nitrogens with one attached hydrogen (secondary N) is 2. The number of nitrogens with zero attached hydrogens (tertiary/aromatic N) is 1. The van der Waals surface area contributed by atoms with Crippen molar-refractivity contribution in [2.24, 2.45) is 0 Å². The Balaban J connectivity index is 1.42. The summed E-state index contributed by atoms with van der Waals surface area (Å²) in [6.07, 6.45) is 0.893. The van der Waals surface area contributed by atoms with Crippen molar-refractivity contribution in [2.45, 2.75) is 32.1 Å². The van der Waals surface area contributed by atoms with Crippen LogP contribution in [0.25, 0.3) is 0 Å². The third-order valence-electron chi connectivity index (χ3n) is 5.75. The standard InChI is InChI=1S/C24H31N3O2S/c1-4-20-7-5-6-8-22(20)25-23(28)16-26-11-13-27(14-12-26)24(29)17-30-21-10-9-18(2)19(3)15-21/h5-10,15H,4,11-14,16-17H2,1-3H3,(H,25,28)/p+1. The van der Waals surface area contributed by atoms with Gasteiger partial charge in [-0.1, -0.05) is 31.2 Å². The van der Waals surface area contributed by atoms with Crippen molar-refractivity contribution in [1.82, 2.24) is 4.90 Å². The first-order valence-corrected chi connectivity index (χ1v) is 11.6. The molecule has 5 nitrogen and oxygen atoms in total. The van der Waals surface area contributed by atoms with Crippen LogP contribution in [-0.4, -0.2) is 55.2 Å². The molecule has 1 aliphatic rings. The molecule has 1 heterocycles. The molecule has 0 spiro atoms. The Hall–Kier alpha value is -2.31. The minimum atomic E-state index is 0.0379. The third-order valence-corrected chi connectivity index (χ3v) is 6.73. The Labute approximate surface area is 183 Å². The van der Waals surface area contributed by atoms with Crippen LogP contribution >= 0.6 is 11.8 Å². The minimum absolute atomic E-state index is 0.0379. The number of para-hydroxylation sites is 1.